The van der Waals surface area contributed by atoms with Crippen molar-refractivity contribution in [3.8, 4) is 0 Å². The van der Waals surface area contributed by atoms with Crippen molar-refractivity contribution in [2.75, 3.05) is 6.54 Å². The Morgan fingerprint density at radius 3 is 2.56 bits per heavy atom. The number of aromatic nitrogens is 3. The van der Waals surface area contributed by atoms with Crippen LogP contribution < -0.4 is 5.32 Å². The Balaban J connectivity index is 2.54. The van der Waals surface area contributed by atoms with Crippen molar-refractivity contribution in [3.05, 3.63) is 11.9 Å². The predicted octanol–water partition coefficient (Wildman–Crippen LogP) is 1.77. The molecule has 0 spiro atoms. The average Bonchev–Trinajstić information content (AvgIpc) is 2.57. The van der Waals surface area contributed by atoms with Gasteiger partial charge >= 0.3 is 0 Å². The molecule has 0 aliphatic rings. The third-order valence-electron chi connectivity index (χ3n) is 2.99. The van der Waals surface area contributed by atoms with Gasteiger partial charge < -0.3 is 5.32 Å². The summed E-state index contributed by atoms with van der Waals surface area (Å²) >= 11 is 0. The van der Waals surface area contributed by atoms with Gasteiger partial charge in [-0.25, -0.2) is 0 Å². The minimum absolute atomic E-state index is 0.294. The zero-order chi connectivity index (χ0) is 12.2. The maximum atomic E-state index is 3.95. The second kappa shape index (κ2) is 5.43. The zero-order valence-corrected chi connectivity index (χ0v) is 11.1. The van der Waals surface area contributed by atoms with Crippen LogP contribution in [0.5, 0.6) is 0 Å². The quantitative estimate of drug-likeness (QED) is 0.829. The summed E-state index contributed by atoms with van der Waals surface area (Å²) in [7, 11) is 1.95. The number of hydrogen-bond acceptors (Lipinski definition) is 3. The first-order valence-corrected chi connectivity index (χ1v) is 6.02. The minimum Gasteiger partial charge on any atom is -0.314 e. The van der Waals surface area contributed by atoms with Gasteiger partial charge in [0.05, 0.1) is 11.9 Å². The van der Waals surface area contributed by atoms with E-state index in [0.717, 1.165) is 19.4 Å². The van der Waals surface area contributed by atoms with Crippen LogP contribution in [0.2, 0.25) is 0 Å². The van der Waals surface area contributed by atoms with Crippen LogP contribution in [0.4, 0.5) is 0 Å². The molecule has 0 bridgehead atoms. The van der Waals surface area contributed by atoms with Crippen LogP contribution in [0, 0.1) is 5.41 Å². The van der Waals surface area contributed by atoms with E-state index in [1.807, 2.05) is 17.9 Å². The Hall–Kier alpha value is -0.900. The number of nitrogens with one attached hydrogen (secondary N) is 1. The van der Waals surface area contributed by atoms with E-state index in [-0.39, 0.29) is 0 Å². The maximum absolute atomic E-state index is 3.95. The summed E-state index contributed by atoms with van der Waals surface area (Å²) in [5, 5.41) is 11.4. The topological polar surface area (TPSA) is 42.7 Å². The highest BCUT2D eigenvalue weighted by atomic mass is 15.4. The molecule has 1 unspecified atom stereocenters. The molecule has 1 heterocycles. The number of nitrogens with zero attached hydrogens (tertiary/aromatic N) is 3. The van der Waals surface area contributed by atoms with Crippen LogP contribution in [-0.4, -0.2) is 27.6 Å². The Kier molecular flexibility index (Phi) is 4.47. The number of aryl methyl sites for hydroxylation is 2. The molecule has 16 heavy (non-hydrogen) atoms. The molecule has 0 radical (unpaired) electrons. The van der Waals surface area contributed by atoms with Crippen molar-refractivity contribution in [1.29, 1.82) is 0 Å². The van der Waals surface area contributed by atoms with Gasteiger partial charge in [0.2, 0.25) is 0 Å². The molecule has 1 N–H and O–H groups in total. The lowest BCUT2D eigenvalue weighted by atomic mass is 9.84. The molecule has 0 amide bonds. The lowest BCUT2D eigenvalue weighted by molar-refractivity contribution is 0.257. The third kappa shape index (κ3) is 3.59. The van der Waals surface area contributed by atoms with E-state index in [1.54, 1.807) is 0 Å². The molecular formula is C12H24N4. The zero-order valence-electron chi connectivity index (χ0n) is 11.1. The first-order chi connectivity index (χ1) is 7.45. The number of rotatable bonds is 5. The lowest BCUT2D eigenvalue weighted by Gasteiger charge is -2.31. The molecule has 0 fully saturated rings. The molecule has 4 heteroatoms. The van der Waals surface area contributed by atoms with Crippen LogP contribution in [0.3, 0.4) is 0 Å². The van der Waals surface area contributed by atoms with E-state index in [1.165, 1.54) is 5.69 Å². The van der Waals surface area contributed by atoms with E-state index >= 15 is 0 Å². The second-order valence-corrected chi connectivity index (χ2v) is 5.36. The van der Waals surface area contributed by atoms with Crippen LogP contribution in [0.25, 0.3) is 0 Å². The summed E-state index contributed by atoms with van der Waals surface area (Å²) in [6.45, 7) is 10.0. The average molecular weight is 224 g/mol. The van der Waals surface area contributed by atoms with Crippen molar-refractivity contribution >= 4 is 0 Å². The summed E-state index contributed by atoms with van der Waals surface area (Å²) < 4.78 is 1.85. The van der Waals surface area contributed by atoms with Gasteiger partial charge in [0.25, 0.3) is 0 Å². The fourth-order valence-electron chi connectivity index (χ4n) is 1.92. The van der Waals surface area contributed by atoms with Gasteiger partial charge in [0, 0.05) is 13.1 Å². The Morgan fingerprint density at radius 2 is 2.12 bits per heavy atom. The standard InChI is InChI=1S/C12H24N4/c1-6-13-11(12(2,3)4)8-7-10-9-14-15-16(10)5/h9,11,13H,6-8H2,1-5H3. The van der Waals surface area contributed by atoms with Gasteiger partial charge in [0.15, 0.2) is 0 Å². The highest BCUT2D eigenvalue weighted by molar-refractivity contribution is 4.95. The highest BCUT2D eigenvalue weighted by Crippen LogP contribution is 2.22. The summed E-state index contributed by atoms with van der Waals surface area (Å²) in [4.78, 5) is 0. The van der Waals surface area contributed by atoms with Crippen molar-refractivity contribution in [2.45, 2.75) is 46.6 Å². The molecule has 92 valence electrons. The maximum Gasteiger partial charge on any atom is 0.0724 e. The smallest absolute Gasteiger partial charge is 0.0724 e. The molecule has 1 rings (SSSR count). The molecule has 1 atom stereocenters. The van der Waals surface area contributed by atoms with Gasteiger partial charge in [-0.2, -0.15) is 0 Å². The molecule has 1 aromatic rings. The van der Waals surface area contributed by atoms with Crippen LogP contribution >= 0.6 is 0 Å². The van der Waals surface area contributed by atoms with E-state index in [9.17, 15) is 0 Å². The first kappa shape index (κ1) is 13.2. The van der Waals surface area contributed by atoms with Gasteiger partial charge in [-0.3, -0.25) is 4.68 Å². The van der Waals surface area contributed by atoms with E-state index in [0.29, 0.717) is 11.5 Å². The molecular weight excluding hydrogens is 200 g/mol. The molecule has 0 aromatic carbocycles. The Bertz CT molecular complexity index is 311. The molecule has 0 aliphatic heterocycles. The van der Waals surface area contributed by atoms with Crippen LogP contribution in [0.15, 0.2) is 6.20 Å². The third-order valence-corrected chi connectivity index (χ3v) is 2.99. The van der Waals surface area contributed by atoms with Crippen molar-refractivity contribution < 1.29 is 0 Å². The summed E-state index contributed by atoms with van der Waals surface area (Å²) in [5.74, 6) is 0. The van der Waals surface area contributed by atoms with Crippen molar-refractivity contribution in [2.24, 2.45) is 12.5 Å². The SMILES string of the molecule is CCNC(CCc1cnnn1C)C(C)(C)C. The minimum atomic E-state index is 0.294. The fourth-order valence-corrected chi connectivity index (χ4v) is 1.92. The largest absolute Gasteiger partial charge is 0.314 e. The molecule has 0 saturated carbocycles. The molecule has 0 aliphatic carbocycles. The van der Waals surface area contributed by atoms with E-state index in [4.69, 9.17) is 0 Å². The Labute approximate surface area is 98.4 Å². The number of hydrogen-bond donors (Lipinski definition) is 1. The van der Waals surface area contributed by atoms with Gasteiger partial charge in [-0.15, -0.1) is 5.10 Å². The lowest BCUT2D eigenvalue weighted by Crippen LogP contribution is -2.40. The van der Waals surface area contributed by atoms with E-state index in [2.05, 4.69) is 43.3 Å². The highest BCUT2D eigenvalue weighted by Gasteiger charge is 2.23. The fraction of sp³-hybridized carbons (Fsp3) is 0.833. The Morgan fingerprint density at radius 1 is 1.44 bits per heavy atom. The normalized spacial score (nSPS) is 14.1. The predicted molar refractivity (Wildman–Crippen MR) is 66.2 cm³/mol. The van der Waals surface area contributed by atoms with Crippen LogP contribution in [-0.2, 0) is 13.5 Å². The van der Waals surface area contributed by atoms with Gasteiger partial charge in [-0.05, 0) is 24.8 Å². The van der Waals surface area contributed by atoms with Crippen molar-refractivity contribution in [1.82, 2.24) is 20.3 Å². The second-order valence-electron chi connectivity index (χ2n) is 5.36. The van der Waals surface area contributed by atoms with Gasteiger partial charge in [-0.1, -0.05) is 32.9 Å². The molecule has 0 saturated heterocycles. The van der Waals surface area contributed by atoms with E-state index < -0.39 is 0 Å². The monoisotopic (exact) mass is 224 g/mol. The summed E-state index contributed by atoms with van der Waals surface area (Å²) in [5.41, 5.74) is 1.49. The summed E-state index contributed by atoms with van der Waals surface area (Å²) in [6, 6.07) is 0.535. The van der Waals surface area contributed by atoms with Crippen LogP contribution in [0.1, 0.15) is 39.8 Å². The molecule has 4 nitrogen and oxygen atoms in total. The first-order valence-electron chi connectivity index (χ1n) is 6.02. The molecule has 1 aromatic heterocycles. The van der Waals surface area contributed by atoms with Gasteiger partial charge in [0.1, 0.15) is 0 Å². The summed E-state index contributed by atoms with van der Waals surface area (Å²) in [6.07, 6.45) is 4.00. The van der Waals surface area contributed by atoms with Crippen molar-refractivity contribution in [3.63, 3.8) is 0 Å².